The molecule has 0 fully saturated rings. The Balaban J connectivity index is 1.65. The first-order valence-corrected chi connectivity index (χ1v) is 11.3. The predicted octanol–water partition coefficient (Wildman–Crippen LogP) is 4.65. The largest absolute Gasteiger partial charge is 0.274 e. The SMILES string of the molecule is C#Cc1ccc(N2C(=O)c3ccc4c5c(ccc(c35)C2=O)C(=O)N(CC(CC)CC)C4=O)cc1. The van der Waals surface area contributed by atoms with Crippen molar-refractivity contribution in [2.45, 2.75) is 26.7 Å². The number of amides is 4. The van der Waals surface area contributed by atoms with Gasteiger partial charge in [0.25, 0.3) is 23.6 Å². The standard InChI is InChI=1S/C28H22N2O4/c1-4-16(5-2)15-29-25(31)19-11-13-21-24-22(14-12-20(23(19)24)26(29)32)28(34)30(27(21)33)18-9-7-17(6-3)8-10-18/h3,7-14,16H,4-5,15H2,1-2H3. The predicted molar refractivity (Wildman–Crippen MR) is 129 cm³/mol. The fraction of sp³-hybridized carbons (Fsp3) is 0.214. The Bertz CT molecular complexity index is 1370. The van der Waals surface area contributed by atoms with Gasteiger partial charge in [0.15, 0.2) is 0 Å². The van der Waals surface area contributed by atoms with Crippen molar-refractivity contribution in [3.63, 3.8) is 0 Å². The summed E-state index contributed by atoms with van der Waals surface area (Å²) in [7, 11) is 0. The molecule has 0 radical (unpaired) electrons. The molecule has 6 nitrogen and oxygen atoms in total. The monoisotopic (exact) mass is 450 g/mol. The Kier molecular flexibility index (Phi) is 5.06. The Morgan fingerprint density at radius 2 is 1.15 bits per heavy atom. The van der Waals surface area contributed by atoms with Crippen molar-refractivity contribution in [3.8, 4) is 12.3 Å². The molecule has 168 valence electrons. The van der Waals surface area contributed by atoms with Crippen LogP contribution in [0.4, 0.5) is 5.69 Å². The molecule has 0 spiro atoms. The molecule has 3 aromatic carbocycles. The average Bonchev–Trinajstić information content (AvgIpc) is 2.86. The zero-order valence-electron chi connectivity index (χ0n) is 18.9. The van der Waals surface area contributed by atoms with Crippen LogP contribution in [0.25, 0.3) is 10.8 Å². The van der Waals surface area contributed by atoms with Crippen molar-refractivity contribution < 1.29 is 19.2 Å². The van der Waals surface area contributed by atoms with E-state index in [0.29, 0.717) is 39.7 Å². The molecule has 0 aliphatic carbocycles. The molecule has 2 aliphatic rings. The highest BCUT2D eigenvalue weighted by molar-refractivity contribution is 6.39. The van der Waals surface area contributed by atoms with Crippen molar-refractivity contribution in [2.24, 2.45) is 5.92 Å². The number of imide groups is 2. The molecule has 3 aromatic rings. The van der Waals surface area contributed by atoms with Crippen LogP contribution in [0.15, 0.2) is 48.5 Å². The van der Waals surface area contributed by atoms with E-state index < -0.39 is 11.8 Å². The minimum atomic E-state index is -0.506. The molecule has 6 heteroatoms. The lowest BCUT2D eigenvalue weighted by atomic mass is 9.85. The molecule has 0 atom stereocenters. The summed E-state index contributed by atoms with van der Waals surface area (Å²) in [6.45, 7) is 4.42. The number of terminal acetylenes is 1. The number of nitrogens with zero attached hydrogens (tertiary/aromatic N) is 2. The molecule has 5 rings (SSSR count). The normalized spacial score (nSPS) is 14.9. The number of rotatable bonds is 5. The second-order valence-corrected chi connectivity index (χ2v) is 8.61. The summed E-state index contributed by atoms with van der Waals surface area (Å²) in [6.07, 6.45) is 7.12. The molecule has 34 heavy (non-hydrogen) atoms. The first-order chi connectivity index (χ1) is 16.4. The van der Waals surface area contributed by atoms with Gasteiger partial charge in [-0.3, -0.25) is 24.1 Å². The van der Waals surface area contributed by atoms with Crippen molar-refractivity contribution >= 4 is 40.1 Å². The molecule has 0 bridgehead atoms. The maximum absolute atomic E-state index is 13.4. The van der Waals surface area contributed by atoms with E-state index >= 15 is 0 Å². The van der Waals surface area contributed by atoms with Crippen LogP contribution in [-0.4, -0.2) is 35.1 Å². The lowest BCUT2D eigenvalue weighted by Gasteiger charge is -2.33. The maximum atomic E-state index is 13.4. The summed E-state index contributed by atoms with van der Waals surface area (Å²) in [6, 6.07) is 12.9. The molecule has 4 amide bonds. The number of hydrogen-bond donors (Lipinski definition) is 0. The topological polar surface area (TPSA) is 74.8 Å². The number of carbonyl (C=O) groups excluding carboxylic acids is 4. The van der Waals surface area contributed by atoms with Crippen molar-refractivity contribution in [1.82, 2.24) is 4.90 Å². The van der Waals surface area contributed by atoms with E-state index in [1.807, 2.05) is 13.8 Å². The lowest BCUT2D eigenvalue weighted by Crippen LogP contribution is -2.44. The van der Waals surface area contributed by atoms with Crippen molar-refractivity contribution in [2.75, 3.05) is 11.4 Å². The number of anilines is 1. The molecule has 0 aromatic heterocycles. The van der Waals surface area contributed by atoms with Gasteiger partial charge in [-0.05, 0) is 54.4 Å². The number of benzene rings is 3. The lowest BCUT2D eigenvalue weighted by molar-refractivity contribution is 0.0581. The van der Waals surface area contributed by atoms with E-state index in [4.69, 9.17) is 6.42 Å². The minimum absolute atomic E-state index is 0.208. The number of hydrogen-bond acceptors (Lipinski definition) is 4. The van der Waals surface area contributed by atoms with E-state index in [-0.39, 0.29) is 28.9 Å². The highest BCUT2D eigenvalue weighted by atomic mass is 16.2. The van der Waals surface area contributed by atoms with E-state index in [1.165, 1.54) is 4.90 Å². The fourth-order valence-electron chi connectivity index (χ4n) is 4.84. The third-order valence-corrected chi connectivity index (χ3v) is 6.87. The van der Waals surface area contributed by atoms with Gasteiger partial charge in [0.05, 0.1) is 5.69 Å². The summed E-state index contributed by atoms with van der Waals surface area (Å²) in [5, 5.41) is 0.750. The average molecular weight is 450 g/mol. The highest BCUT2D eigenvalue weighted by Crippen LogP contribution is 2.39. The van der Waals surface area contributed by atoms with Gasteiger partial charge in [-0.2, -0.15) is 0 Å². The third-order valence-electron chi connectivity index (χ3n) is 6.87. The molecular weight excluding hydrogens is 428 g/mol. The van der Waals surface area contributed by atoms with Crippen molar-refractivity contribution in [1.29, 1.82) is 0 Å². The van der Waals surface area contributed by atoms with Gasteiger partial charge >= 0.3 is 0 Å². The van der Waals surface area contributed by atoms with E-state index in [2.05, 4.69) is 5.92 Å². The third kappa shape index (κ3) is 2.97. The second-order valence-electron chi connectivity index (χ2n) is 8.61. The molecule has 0 saturated carbocycles. The quantitative estimate of drug-likeness (QED) is 0.419. The van der Waals surface area contributed by atoms with Gasteiger partial charge in [-0.1, -0.05) is 32.6 Å². The van der Waals surface area contributed by atoms with E-state index in [9.17, 15) is 19.2 Å². The van der Waals surface area contributed by atoms with Gasteiger partial charge in [0, 0.05) is 45.1 Å². The van der Waals surface area contributed by atoms with Crippen molar-refractivity contribution in [3.05, 3.63) is 76.3 Å². The van der Waals surface area contributed by atoms with E-state index in [1.54, 1.807) is 48.5 Å². The zero-order chi connectivity index (χ0) is 24.1. The Morgan fingerprint density at radius 1 is 0.706 bits per heavy atom. The van der Waals surface area contributed by atoms with Crippen LogP contribution in [-0.2, 0) is 0 Å². The Morgan fingerprint density at radius 3 is 1.56 bits per heavy atom. The molecule has 0 saturated heterocycles. The van der Waals surface area contributed by atoms with E-state index in [0.717, 1.165) is 17.7 Å². The van der Waals surface area contributed by atoms with Crippen LogP contribution >= 0.6 is 0 Å². The number of carbonyl (C=O) groups is 4. The van der Waals surface area contributed by atoms with Crippen LogP contribution in [0.3, 0.4) is 0 Å². The van der Waals surface area contributed by atoms with Crippen LogP contribution in [0.2, 0.25) is 0 Å². The second kappa shape index (κ2) is 7.96. The van der Waals surface area contributed by atoms with Gasteiger partial charge < -0.3 is 0 Å². The smallest absolute Gasteiger partial charge is 0.265 e. The first kappa shape index (κ1) is 21.6. The van der Waals surface area contributed by atoms with Crippen LogP contribution in [0.1, 0.15) is 73.7 Å². The zero-order valence-corrected chi connectivity index (χ0v) is 18.9. The van der Waals surface area contributed by atoms with Crippen LogP contribution in [0.5, 0.6) is 0 Å². The summed E-state index contributed by atoms with van der Waals surface area (Å²) in [5.41, 5.74) is 2.28. The molecule has 0 N–H and O–H groups in total. The molecule has 2 aliphatic heterocycles. The summed E-state index contributed by atoms with van der Waals surface area (Å²) < 4.78 is 0. The molecular formula is C28H22N2O4. The van der Waals surface area contributed by atoms with Gasteiger partial charge in [0.1, 0.15) is 0 Å². The first-order valence-electron chi connectivity index (χ1n) is 11.3. The van der Waals surface area contributed by atoms with Gasteiger partial charge in [-0.15, -0.1) is 6.42 Å². The van der Waals surface area contributed by atoms with Gasteiger partial charge in [0.2, 0.25) is 0 Å². The highest BCUT2D eigenvalue weighted by Gasteiger charge is 2.40. The summed E-state index contributed by atoms with van der Waals surface area (Å²) in [5.74, 6) is 0.931. The van der Waals surface area contributed by atoms with Crippen LogP contribution in [0, 0.1) is 18.3 Å². The van der Waals surface area contributed by atoms with Crippen LogP contribution < -0.4 is 4.90 Å². The summed E-state index contributed by atoms with van der Waals surface area (Å²) >= 11 is 0. The maximum Gasteiger partial charge on any atom is 0.265 e. The Labute approximate surface area is 197 Å². The molecule has 0 unspecified atom stereocenters. The fourth-order valence-corrected chi connectivity index (χ4v) is 4.84. The molecule has 2 heterocycles. The minimum Gasteiger partial charge on any atom is -0.274 e. The summed E-state index contributed by atoms with van der Waals surface area (Å²) in [4.78, 5) is 55.9. The van der Waals surface area contributed by atoms with Gasteiger partial charge in [-0.25, -0.2) is 4.90 Å². The Hall–Kier alpha value is -4.24.